The Bertz CT molecular complexity index is 206. The number of nitrogens with zero attached hydrogens (tertiary/aromatic N) is 1. The summed E-state index contributed by atoms with van der Waals surface area (Å²) >= 11 is 0. The van der Waals surface area contributed by atoms with Gasteiger partial charge in [-0.1, -0.05) is 13.8 Å². The van der Waals surface area contributed by atoms with Crippen molar-refractivity contribution in [2.24, 2.45) is 5.73 Å². The lowest BCUT2D eigenvalue weighted by molar-refractivity contribution is -0.145. The fourth-order valence-electron chi connectivity index (χ4n) is 1.11. The molecule has 0 radical (unpaired) electrons. The molecule has 82 valence electrons. The van der Waals surface area contributed by atoms with Crippen molar-refractivity contribution in [2.45, 2.75) is 32.7 Å². The van der Waals surface area contributed by atoms with Crippen LogP contribution in [0.25, 0.3) is 0 Å². The summed E-state index contributed by atoms with van der Waals surface area (Å²) in [6, 6.07) is -0.583. The third kappa shape index (κ3) is 4.23. The zero-order valence-corrected chi connectivity index (χ0v) is 8.69. The Morgan fingerprint density at radius 3 is 2.36 bits per heavy atom. The highest BCUT2D eigenvalue weighted by atomic mass is 16.4. The van der Waals surface area contributed by atoms with E-state index in [0.29, 0.717) is 13.0 Å². The smallest absolute Gasteiger partial charge is 0.323 e. The molecule has 5 nitrogen and oxygen atoms in total. The summed E-state index contributed by atoms with van der Waals surface area (Å²) < 4.78 is 0. The van der Waals surface area contributed by atoms with Gasteiger partial charge in [0.05, 0.1) is 6.04 Å². The van der Waals surface area contributed by atoms with Crippen LogP contribution in [0.4, 0.5) is 0 Å². The van der Waals surface area contributed by atoms with Crippen molar-refractivity contribution in [2.75, 3.05) is 13.1 Å². The summed E-state index contributed by atoms with van der Waals surface area (Å²) in [5.74, 6) is -1.29. The Hall–Kier alpha value is -1.10. The number of aliphatic carboxylic acids is 1. The summed E-state index contributed by atoms with van der Waals surface area (Å²) in [7, 11) is 0. The van der Waals surface area contributed by atoms with E-state index in [0.717, 1.165) is 6.42 Å². The molecule has 0 aromatic rings. The van der Waals surface area contributed by atoms with Crippen molar-refractivity contribution in [1.29, 1.82) is 0 Å². The minimum atomic E-state index is -1.00. The SMILES string of the molecule is CCCN(CC(=O)O)C(=O)[C@H](N)CC. The number of nitrogens with two attached hydrogens (primary N) is 1. The first-order valence-electron chi connectivity index (χ1n) is 4.79. The fraction of sp³-hybridized carbons (Fsp3) is 0.778. The standard InChI is InChI=1S/C9H18N2O3/c1-3-5-11(6-8(12)13)9(14)7(10)4-2/h7H,3-6,10H2,1-2H3,(H,12,13)/t7-/m1/s1. The molecule has 3 N–H and O–H groups in total. The Morgan fingerprint density at radius 1 is 1.43 bits per heavy atom. The van der Waals surface area contributed by atoms with Gasteiger partial charge in [-0.15, -0.1) is 0 Å². The van der Waals surface area contributed by atoms with Crippen molar-refractivity contribution in [3.05, 3.63) is 0 Å². The van der Waals surface area contributed by atoms with Crippen LogP contribution in [-0.2, 0) is 9.59 Å². The van der Waals surface area contributed by atoms with E-state index in [2.05, 4.69) is 0 Å². The maximum absolute atomic E-state index is 11.5. The topological polar surface area (TPSA) is 83.6 Å². The monoisotopic (exact) mass is 202 g/mol. The molecular formula is C9H18N2O3. The predicted octanol–water partition coefficient (Wildman–Crippen LogP) is 0.0469. The Labute approximate surface area is 83.9 Å². The van der Waals surface area contributed by atoms with Crippen molar-refractivity contribution >= 4 is 11.9 Å². The number of carboxylic acid groups (broad SMARTS) is 1. The minimum absolute atomic E-state index is 0.264. The van der Waals surface area contributed by atoms with E-state index in [1.165, 1.54) is 4.90 Å². The van der Waals surface area contributed by atoms with Crippen LogP contribution in [0.2, 0.25) is 0 Å². The van der Waals surface area contributed by atoms with Gasteiger partial charge in [-0.2, -0.15) is 0 Å². The number of carbonyl (C=O) groups is 2. The van der Waals surface area contributed by atoms with Crippen LogP contribution in [0.15, 0.2) is 0 Å². The van der Waals surface area contributed by atoms with E-state index in [4.69, 9.17) is 10.8 Å². The Kier molecular flexibility index (Phi) is 5.87. The summed E-state index contributed by atoms with van der Waals surface area (Å²) in [5.41, 5.74) is 5.54. The average molecular weight is 202 g/mol. The number of hydrogen-bond acceptors (Lipinski definition) is 3. The highest BCUT2D eigenvalue weighted by molar-refractivity contribution is 5.85. The van der Waals surface area contributed by atoms with Crippen LogP contribution in [0.1, 0.15) is 26.7 Å². The molecule has 5 heteroatoms. The summed E-state index contributed by atoms with van der Waals surface area (Å²) in [6.45, 7) is 3.87. The number of hydrogen-bond donors (Lipinski definition) is 2. The lowest BCUT2D eigenvalue weighted by Gasteiger charge is -2.22. The molecule has 0 bridgehead atoms. The molecule has 1 atom stereocenters. The van der Waals surface area contributed by atoms with Gasteiger partial charge in [0.25, 0.3) is 0 Å². The molecule has 0 heterocycles. The van der Waals surface area contributed by atoms with E-state index in [1.807, 2.05) is 6.92 Å². The van der Waals surface area contributed by atoms with Crippen LogP contribution in [0.5, 0.6) is 0 Å². The first kappa shape index (κ1) is 12.9. The van der Waals surface area contributed by atoms with E-state index >= 15 is 0 Å². The molecule has 0 rings (SSSR count). The molecule has 0 saturated heterocycles. The molecule has 0 fully saturated rings. The molecule has 0 spiro atoms. The minimum Gasteiger partial charge on any atom is -0.480 e. The Balaban J connectivity index is 4.31. The van der Waals surface area contributed by atoms with Gasteiger partial charge in [0, 0.05) is 6.54 Å². The second-order valence-electron chi connectivity index (χ2n) is 3.17. The van der Waals surface area contributed by atoms with E-state index in [9.17, 15) is 9.59 Å². The summed E-state index contributed by atoms with van der Waals surface area (Å²) in [5, 5.41) is 8.58. The quantitative estimate of drug-likeness (QED) is 0.637. The number of amides is 1. The van der Waals surface area contributed by atoms with Crippen LogP contribution in [-0.4, -0.2) is 41.0 Å². The molecule has 0 aromatic carbocycles. The summed E-state index contributed by atoms with van der Waals surface area (Å²) in [4.78, 5) is 23.3. The maximum Gasteiger partial charge on any atom is 0.323 e. The highest BCUT2D eigenvalue weighted by Gasteiger charge is 2.20. The summed E-state index contributed by atoms with van der Waals surface area (Å²) in [6.07, 6.45) is 1.26. The van der Waals surface area contributed by atoms with Gasteiger partial charge in [0.2, 0.25) is 5.91 Å². The van der Waals surface area contributed by atoms with Gasteiger partial charge in [-0.25, -0.2) is 0 Å². The van der Waals surface area contributed by atoms with E-state index in [1.54, 1.807) is 6.92 Å². The third-order valence-electron chi connectivity index (χ3n) is 1.89. The fourth-order valence-corrected chi connectivity index (χ4v) is 1.11. The molecule has 0 aliphatic rings. The van der Waals surface area contributed by atoms with Gasteiger partial charge in [-0.05, 0) is 12.8 Å². The maximum atomic E-state index is 11.5. The van der Waals surface area contributed by atoms with Crippen molar-refractivity contribution in [3.63, 3.8) is 0 Å². The normalized spacial score (nSPS) is 12.2. The average Bonchev–Trinajstić information content (AvgIpc) is 2.14. The second-order valence-corrected chi connectivity index (χ2v) is 3.17. The molecule has 0 aliphatic carbocycles. The first-order valence-corrected chi connectivity index (χ1v) is 4.79. The second kappa shape index (κ2) is 6.37. The van der Waals surface area contributed by atoms with Gasteiger partial charge < -0.3 is 15.7 Å². The molecule has 14 heavy (non-hydrogen) atoms. The zero-order chi connectivity index (χ0) is 11.1. The van der Waals surface area contributed by atoms with Gasteiger partial charge >= 0.3 is 5.97 Å². The first-order chi connectivity index (χ1) is 6.52. The van der Waals surface area contributed by atoms with Crippen molar-refractivity contribution < 1.29 is 14.7 Å². The molecule has 0 unspecified atom stereocenters. The largest absolute Gasteiger partial charge is 0.480 e. The molecule has 0 saturated carbocycles. The van der Waals surface area contributed by atoms with Crippen molar-refractivity contribution in [3.8, 4) is 0 Å². The van der Waals surface area contributed by atoms with Crippen LogP contribution >= 0.6 is 0 Å². The van der Waals surface area contributed by atoms with Crippen LogP contribution < -0.4 is 5.73 Å². The lowest BCUT2D eigenvalue weighted by Crippen LogP contribution is -2.45. The Morgan fingerprint density at radius 2 is 2.00 bits per heavy atom. The zero-order valence-electron chi connectivity index (χ0n) is 8.69. The predicted molar refractivity (Wildman–Crippen MR) is 52.8 cm³/mol. The third-order valence-corrected chi connectivity index (χ3v) is 1.89. The lowest BCUT2D eigenvalue weighted by atomic mass is 10.2. The van der Waals surface area contributed by atoms with Gasteiger partial charge in [0.15, 0.2) is 0 Å². The molecular weight excluding hydrogens is 184 g/mol. The van der Waals surface area contributed by atoms with Crippen LogP contribution in [0.3, 0.4) is 0 Å². The van der Waals surface area contributed by atoms with Crippen molar-refractivity contribution in [1.82, 2.24) is 4.90 Å². The number of carboxylic acids is 1. The highest BCUT2D eigenvalue weighted by Crippen LogP contribution is 1.98. The van der Waals surface area contributed by atoms with E-state index in [-0.39, 0.29) is 12.5 Å². The molecule has 0 aliphatic heterocycles. The van der Waals surface area contributed by atoms with Gasteiger partial charge in [0.1, 0.15) is 6.54 Å². The van der Waals surface area contributed by atoms with Crippen LogP contribution in [0, 0.1) is 0 Å². The van der Waals surface area contributed by atoms with Gasteiger partial charge in [-0.3, -0.25) is 9.59 Å². The molecule has 0 aromatic heterocycles. The number of rotatable bonds is 6. The number of carbonyl (C=O) groups excluding carboxylic acids is 1. The van der Waals surface area contributed by atoms with E-state index < -0.39 is 12.0 Å². The molecule has 1 amide bonds.